The summed E-state index contributed by atoms with van der Waals surface area (Å²) in [6.45, 7) is 3.90. The number of aryl methyl sites for hydroxylation is 1. The minimum atomic E-state index is -0.195. The van der Waals surface area contributed by atoms with Gasteiger partial charge in [-0.2, -0.15) is 5.10 Å². The molecular formula is C19H22N4O2. The number of rotatable bonds is 6. The van der Waals surface area contributed by atoms with Gasteiger partial charge in [0.15, 0.2) is 0 Å². The van der Waals surface area contributed by atoms with E-state index < -0.39 is 0 Å². The molecule has 1 aromatic carbocycles. The SMILES string of the molecule is C=CC(=O)N(C)c1ccc(C(=O)NCc2cc(C3CC3)nn2C)cc1. The Balaban J connectivity index is 1.61. The van der Waals surface area contributed by atoms with E-state index in [4.69, 9.17) is 0 Å². The van der Waals surface area contributed by atoms with Crippen LogP contribution in [0.2, 0.25) is 0 Å². The summed E-state index contributed by atoms with van der Waals surface area (Å²) in [6.07, 6.45) is 3.67. The number of nitrogens with one attached hydrogen (secondary N) is 1. The molecule has 1 saturated carbocycles. The summed E-state index contributed by atoms with van der Waals surface area (Å²) >= 11 is 0. The Morgan fingerprint density at radius 2 is 2.04 bits per heavy atom. The first-order valence-electron chi connectivity index (χ1n) is 8.31. The second-order valence-electron chi connectivity index (χ2n) is 6.29. The number of likely N-dealkylation sites (N-methyl/N-ethyl adjacent to an activating group) is 1. The van der Waals surface area contributed by atoms with Gasteiger partial charge in [0.2, 0.25) is 5.91 Å². The highest BCUT2D eigenvalue weighted by atomic mass is 16.2. The Labute approximate surface area is 147 Å². The number of amides is 2. The molecule has 0 unspecified atom stereocenters. The summed E-state index contributed by atoms with van der Waals surface area (Å²) in [5.74, 6) is 0.247. The molecule has 1 N–H and O–H groups in total. The van der Waals surface area contributed by atoms with Gasteiger partial charge in [0, 0.05) is 31.3 Å². The van der Waals surface area contributed by atoms with Crippen molar-refractivity contribution in [1.29, 1.82) is 0 Å². The van der Waals surface area contributed by atoms with E-state index in [1.807, 2.05) is 11.7 Å². The molecule has 2 amide bonds. The third-order valence-electron chi connectivity index (χ3n) is 4.44. The molecule has 1 aromatic heterocycles. The lowest BCUT2D eigenvalue weighted by Gasteiger charge is -2.15. The van der Waals surface area contributed by atoms with Crippen LogP contribution in [0.25, 0.3) is 0 Å². The number of carbonyl (C=O) groups is 2. The quantitative estimate of drug-likeness (QED) is 0.822. The summed E-state index contributed by atoms with van der Waals surface area (Å²) in [7, 11) is 3.56. The molecule has 1 fully saturated rings. The van der Waals surface area contributed by atoms with Crippen LogP contribution in [0.1, 0.15) is 40.5 Å². The Morgan fingerprint density at radius 3 is 2.64 bits per heavy atom. The second-order valence-corrected chi connectivity index (χ2v) is 6.29. The molecule has 1 heterocycles. The fourth-order valence-electron chi connectivity index (χ4n) is 2.65. The van der Waals surface area contributed by atoms with Crippen molar-refractivity contribution in [2.45, 2.75) is 25.3 Å². The Hall–Kier alpha value is -2.89. The standard InChI is InChI=1S/C19H22N4O2/c1-4-18(24)22(2)15-9-7-14(8-10-15)19(25)20-12-16-11-17(13-5-6-13)21-23(16)3/h4,7-11,13H,1,5-6,12H2,2-3H3,(H,20,25). The maximum absolute atomic E-state index is 12.3. The van der Waals surface area contributed by atoms with Gasteiger partial charge >= 0.3 is 0 Å². The van der Waals surface area contributed by atoms with E-state index >= 15 is 0 Å². The van der Waals surface area contributed by atoms with Crippen LogP contribution >= 0.6 is 0 Å². The van der Waals surface area contributed by atoms with Gasteiger partial charge in [0.05, 0.1) is 17.9 Å². The van der Waals surface area contributed by atoms with Crippen molar-refractivity contribution in [1.82, 2.24) is 15.1 Å². The molecule has 0 radical (unpaired) electrons. The Bertz CT molecular complexity index is 803. The van der Waals surface area contributed by atoms with E-state index in [0.29, 0.717) is 23.7 Å². The van der Waals surface area contributed by atoms with Crippen molar-refractivity contribution < 1.29 is 9.59 Å². The molecule has 3 rings (SSSR count). The molecule has 0 spiro atoms. The lowest BCUT2D eigenvalue weighted by molar-refractivity contribution is -0.113. The van der Waals surface area contributed by atoms with E-state index in [1.54, 1.807) is 31.3 Å². The molecule has 0 aliphatic heterocycles. The monoisotopic (exact) mass is 338 g/mol. The molecule has 1 aliphatic rings. The number of nitrogens with zero attached hydrogens (tertiary/aromatic N) is 3. The third-order valence-corrected chi connectivity index (χ3v) is 4.44. The van der Waals surface area contributed by atoms with Gasteiger partial charge in [-0.3, -0.25) is 14.3 Å². The summed E-state index contributed by atoms with van der Waals surface area (Å²) < 4.78 is 1.83. The van der Waals surface area contributed by atoms with Gasteiger partial charge in [0.25, 0.3) is 5.91 Å². The van der Waals surface area contributed by atoms with E-state index in [-0.39, 0.29) is 11.8 Å². The molecule has 6 nitrogen and oxygen atoms in total. The molecule has 25 heavy (non-hydrogen) atoms. The second kappa shape index (κ2) is 6.93. The lowest BCUT2D eigenvalue weighted by atomic mass is 10.2. The van der Waals surface area contributed by atoms with Crippen LogP contribution in [0.3, 0.4) is 0 Å². The van der Waals surface area contributed by atoms with E-state index in [2.05, 4.69) is 23.1 Å². The number of carbonyl (C=O) groups excluding carboxylic acids is 2. The number of aromatic nitrogens is 2. The largest absolute Gasteiger partial charge is 0.346 e. The van der Waals surface area contributed by atoms with Crippen LogP contribution in [0.5, 0.6) is 0 Å². The number of hydrogen-bond acceptors (Lipinski definition) is 3. The minimum absolute atomic E-state index is 0.154. The van der Waals surface area contributed by atoms with Crippen LogP contribution in [0.15, 0.2) is 43.0 Å². The number of hydrogen-bond donors (Lipinski definition) is 1. The van der Waals surface area contributed by atoms with Crippen molar-refractivity contribution in [3.05, 3.63) is 59.9 Å². The van der Waals surface area contributed by atoms with Crippen LogP contribution < -0.4 is 10.2 Å². The fourth-order valence-corrected chi connectivity index (χ4v) is 2.65. The molecule has 130 valence electrons. The van der Waals surface area contributed by atoms with Gasteiger partial charge < -0.3 is 10.2 Å². The smallest absolute Gasteiger partial charge is 0.251 e. The van der Waals surface area contributed by atoms with Crippen LogP contribution in [0, 0.1) is 0 Å². The Morgan fingerprint density at radius 1 is 1.36 bits per heavy atom. The zero-order chi connectivity index (χ0) is 18.0. The maximum atomic E-state index is 12.3. The van der Waals surface area contributed by atoms with Crippen LogP contribution in [-0.4, -0.2) is 28.6 Å². The Kier molecular flexibility index (Phi) is 4.70. The molecule has 1 aliphatic carbocycles. The highest BCUT2D eigenvalue weighted by Crippen LogP contribution is 2.39. The van der Waals surface area contributed by atoms with Gasteiger partial charge in [-0.05, 0) is 49.2 Å². The summed E-state index contributed by atoms with van der Waals surface area (Å²) in [4.78, 5) is 25.4. The number of anilines is 1. The van der Waals surface area contributed by atoms with Crippen molar-refractivity contribution >= 4 is 17.5 Å². The van der Waals surface area contributed by atoms with Gasteiger partial charge in [-0.1, -0.05) is 6.58 Å². The topological polar surface area (TPSA) is 67.2 Å². The average molecular weight is 338 g/mol. The predicted octanol–water partition coefficient (Wildman–Crippen LogP) is 2.38. The first kappa shape index (κ1) is 17.0. The third kappa shape index (κ3) is 3.79. The number of benzene rings is 1. The van der Waals surface area contributed by atoms with E-state index in [1.165, 1.54) is 23.8 Å². The highest BCUT2D eigenvalue weighted by molar-refractivity contribution is 6.01. The molecule has 0 atom stereocenters. The highest BCUT2D eigenvalue weighted by Gasteiger charge is 2.26. The zero-order valence-corrected chi connectivity index (χ0v) is 14.5. The first-order chi connectivity index (χ1) is 12.0. The van der Waals surface area contributed by atoms with Gasteiger partial charge in [-0.15, -0.1) is 0 Å². The maximum Gasteiger partial charge on any atom is 0.251 e. The normalized spacial score (nSPS) is 13.4. The van der Waals surface area contributed by atoms with Gasteiger partial charge in [0.1, 0.15) is 0 Å². The van der Waals surface area contributed by atoms with E-state index in [0.717, 1.165) is 11.4 Å². The molecule has 0 bridgehead atoms. The molecule has 0 saturated heterocycles. The average Bonchev–Trinajstić information content (AvgIpc) is 3.42. The molecule has 6 heteroatoms. The summed E-state index contributed by atoms with van der Waals surface area (Å²) in [5.41, 5.74) is 3.36. The van der Waals surface area contributed by atoms with Crippen molar-refractivity contribution in [3.63, 3.8) is 0 Å². The van der Waals surface area contributed by atoms with Crippen molar-refractivity contribution in [2.75, 3.05) is 11.9 Å². The molecule has 2 aromatic rings. The summed E-state index contributed by atoms with van der Waals surface area (Å²) in [5, 5.41) is 7.41. The summed E-state index contributed by atoms with van der Waals surface area (Å²) in [6, 6.07) is 8.96. The zero-order valence-electron chi connectivity index (χ0n) is 14.5. The minimum Gasteiger partial charge on any atom is -0.346 e. The lowest BCUT2D eigenvalue weighted by Crippen LogP contribution is -2.25. The van der Waals surface area contributed by atoms with Gasteiger partial charge in [-0.25, -0.2) is 0 Å². The van der Waals surface area contributed by atoms with Crippen molar-refractivity contribution in [3.8, 4) is 0 Å². The predicted molar refractivity (Wildman–Crippen MR) is 96.4 cm³/mol. The van der Waals surface area contributed by atoms with Crippen LogP contribution in [-0.2, 0) is 18.4 Å². The van der Waals surface area contributed by atoms with Crippen LogP contribution in [0.4, 0.5) is 5.69 Å². The first-order valence-corrected chi connectivity index (χ1v) is 8.31. The molecular weight excluding hydrogens is 316 g/mol. The fraction of sp³-hybridized carbons (Fsp3) is 0.316. The van der Waals surface area contributed by atoms with Crippen molar-refractivity contribution in [2.24, 2.45) is 7.05 Å². The van der Waals surface area contributed by atoms with E-state index in [9.17, 15) is 9.59 Å².